The van der Waals surface area contributed by atoms with E-state index < -0.39 is 41.5 Å². The van der Waals surface area contributed by atoms with Crippen molar-refractivity contribution in [2.45, 2.75) is 18.8 Å². The van der Waals surface area contributed by atoms with E-state index >= 15 is 0 Å². The van der Waals surface area contributed by atoms with Crippen LogP contribution in [0, 0.1) is 0 Å². The van der Waals surface area contributed by atoms with Gasteiger partial charge in [-0.15, -0.1) is 0 Å². The van der Waals surface area contributed by atoms with E-state index in [9.17, 15) is 31.1 Å². The van der Waals surface area contributed by atoms with Crippen LogP contribution in [-0.4, -0.2) is 11.1 Å². The van der Waals surface area contributed by atoms with Crippen molar-refractivity contribution < 1.29 is 35.7 Å². The lowest BCUT2D eigenvalue weighted by Gasteiger charge is -2.14. The SMILES string of the molecule is O=C(Cc1cc(-c2ccccc2)on1)Nc1cc(C(F)(F)F)cc(C(F)(F)F)c1. The minimum absolute atomic E-state index is 0.0145. The second kappa shape index (κ2) is 7.61. The molecule has 0 unspecified atom stereocenters. The highest BCUT2D eigenvalue weighted by Crippen LogP contribution is 2.37. The molecule has 1 heterocycles. The lowest BCUT2D eigenvalue weighted by atomic mass is 10.1. The van der Waals surface area contributed by atoms with Gasteiger partial charge in [-0.05, 0) is 18.2 Å². The maximum Gasteiger partial charge on any atom is 0.416 e. The Morgan fingerprint density at radius 3 is 2.03 bits per heavy atom. The Labute approximate surface area is 160 Å². The molecule has 0 spiro atoms. The van der Waals surface area contributed by atoms with Crippen LogP contribution in [0.1, 0.15) is 16.8 Å². The summed E-state index contributed by atoms with van der Waals surface area (Å²) in [4.78, 5) is 12.1. The molecule has 0 radical (unpaired) electrons. The number of aromatic nitrogens is 1. The van der Waals surface area contributed by atoms with Crippen LogP contribution in [0.15, 0.2) is 59.1 Å². The fourth-order valence-electron chi connectivity index (χ4n) is 2.53. The number of hydrogen-bond donors (Lipinski definition) is 1. The van der Waals surface area contributed by atoms with Crippen LogP contribution >= 0.6 is 0 Å². The monoisotopic (exact) mass is 414 g/mol. The summed E-state index contributed by atoms with van der Waals surface area (Å²) in [6.07, 6.45) is -10.4. The molecule has 1 amide bonds. The number of carbonyl (C=O) groups is 1. The fraction of sp³-hybridized carbons (Fsp3) is 0.158. The van der Waals surface area contributed by atoms with Gasteiger partial charge in [-0.2, -0.15) is 26.3 Å². The van der Waals surface area contributed by atoms with E-state index in [2.05, 4.69) is 5.16 Å². The molecule has 0 bridgehead atoms. The largest absolute Gasteiger partial charge is 0.416 e. The lowest BCUT2D eigenvalue weighted by Crippen LogP contribution is -2.17. The molecule has 1 N–H and O–H groups in total. The van der Waals surface area contributed by atoms with E-state index in [1.54, 1.807) is 30.3 Å². The maximum atomic E-state index is 12.9. The van der Waals surface area contributed by atoms with Crippen molar-refractivity contribution in [3.63, 3.8) is 0 Å². The predicted octanol–water partition coefficient (Wildman–Crippen LogP) is 5.56. The molecule has 0 atom stereocenters. The molecule has 152 valence electrons. The van der Waals surface area contributed by atoms with E-state index in [4.69, 9.17) is 4.52 Å². The molecule has 0 aliphatic carbocycles. The molecule has 0 fully saturated rings. The summed E-state index contributed by atoms with van der Waals surface area (Å²) < 4.78 is 82.4. The third-order valence-corrected chi connectivity index (χ3v) is 3.83. The van der Waals surface area contributed by atoms with Crippen molar-refractivity contribution in [2.75, 3.05) is 5.32 Å². The van der Waals surface area contributed by atoms with Gasteiger partial charge in [-0.25, -0.2) is 0 Å². The number of amides is 1. The van der Waals surface area contributed by atoms with E-state index in [0.717, 1.165) is 0 Å². The predicted molar refractivity (Wildman–Crippen MR) is 90.7 cm³/mol. The first-order valence-corrected chi connectivity index (χ1v) is 8.13. The molecule has 3 aromatic rings. The first-order valence-electron chi connectivity index (χ1n) is 8.13. The smallest absolute Gasteiger partial charge is 0.356 e. The summed E-state index contributed by atoms with van der Waals surface area (Å²) in [6, 6.07) is 11.1. The average molecular weight is 414 g/mol. The summed E-state index contributed by atoms with van der Waals surface area (Å²) in [6.45, 7) is 0. The highest BCUT2D eigenvalue weighted by Gasteiger charge is 2.37. The second-order valence-electron chi connectivity index (χ2n) is 6.07. The number of anilines is 1. The van der Waals surface area contributed by atoms with Crippen LogP contribution in [0.25, 0.3) is 11.3 Å². The highest BCUT2D eigenvalue weighted by molar-refractivity contribution is 5.92. The van der Waals surface area contributed by atoms with Crippen molar-refractivity contribution >= 4 is 11.6 Å². The molecule has 29 heavy (non-hydrogen) atoms. The van der Waals surface area contributed by atoms with E-state index in [1.165, 1.54) is 6.07 Å². The standard InChI is InChI=1S/C19H12F6N2O2/c20-18(21,22)12-6-13(19(23,24)25)8-14(7-12)26-17(28)10-15-9-16(29-27-15)11-4-2-1-3-5-11/h1-9H,10H2,(H,26,28). The Morgan fingerprint density at radius 1 is 0.897 bits per heavy atom. The van der Waals surface area contributed by atoms with E-state index in [1.807, 2.05) is 5.32 Å². The van der Waals surface area contributed by atoms with Crippen molar-refractivity contribution in [3.05, 3.63) is 71.4 Å². The average Bonchev–Trinajstić information content (AvgIpc) is 3.09. The quantitative estimate of drug-likeness (QED) is 0.569. The number of halogens is 6. The second-order valence-corrected chi connectivity index (χ2v) is 6.07. The number of carbonyl (C=O) groups excluding carboxylic acids is 1. The van der Waals surface area contributed by atoms with Crippen molar-refractivity contribution in [1.82, 2.24) is 5.16 Å². The van der Waals surface area contributed by atoms with Crippen LogP contribution in [0.4, 0.5) is 32.0 Å². The number of nitrogens with one attached hydrogen (secondary N) is 1. The van der Waals surface area contributed by atoms with Gasteiger partial charge < -0.3 is 9.84 Å². The Balaban J connectivity index is 1.78. The molecule has 1 aromatic heterocycles. The number of benzene rings is 2. The van der Waals surface area contributed by atoms with Gasteiger partial charge in [0, 0.05) is 17.3 Å². The van der Waals surface area contributed by atoms with Gasteiger partial charge in [0.15, 0.2) is 5.76 Å². The zero-order valence-electron chi connectivity index (χ0n) is 14.4. The topological polar surface area (TPSA) is 55.1 Å². The zero-order chi connectivity index (χ0) is 21.2. The maximum absolute atomic E-state index is 12.9. The molecular formula is C19H12F6N2O2. The fourth-order valence-corrected chi connectivity index (χ4v) is 2.53. The third kappa shape index (κ3) is 5.15. The minimum atomic E-state index is -5.00. The molecule has 2 aromatic carbocycles. The number of hydrogen-bond acceptors (Lipinski definition) is 3. The Hall–Kier alpha value is -3.30. The summed E-state index contributed by atoms with van der Waals surface area (Å²) in [7, 11) is 0. The van der Waals surface area contributed by atoms with Crippen molar-refractivity contribution in [2.24, 2.45) is 0 Å². The van der Waals surface area contributed by atoms with Crippen LogP contribution in [0.5, 0.6) is 0 Å². The number of alkyl halides is 6. The van der Waals surface area contributed by atoms with Gasteiger partial charge in [0.1, 0.15) is 0 Å². The molecule has 0 saturated heterocycles. The highest BCUT2D eigenvalue weighted by atomic mass is 19.4. The number of rotatable bonds is 4. The van der Waals surface area contributed by atoms with Crippen molar-refractivity contribution in [1.29, 1.82) is 0 Å². The molecule has 10 heteroatoms. The minimum Gasteiger partial charge on any atom is -0.356 e. The van der Waals surface area contributed by atoms with Crippen LogP contribution < -0.4 is 5.32 Å². The van der Waals surface area contributed by atoms with Crippen LogP contribution in [0.3, 0.4) is 0 Å². The molecule has 4 nitrogen and oxygen atoms in total. The summed E-state index contributed by atoms with van der Waals surface area (Å²) >= 11 is 0. The zero-order valence-corrected chi connectivity index (χ0v) is 14.4. The summed E-state index contributed by atoms with van der Waals surface area (Å²) in [5.41, 5.74) is -2.79. The van der Waals surface area contributed by atoms with Crippen molar-refractivity contribution in [3.8, 4) is 11.3 Å². The normalized spacial score (nSPS) is 12.1. The van der Waals surface area contributed by atoms with Crippen LogP contribution in [0.2, 0.25) is 0 Å². The first-order chi connectivity index (χ1) is 13.5. The van der Waals surface area contributed by atoms with Gasteiger partial charge in [-0.1, -0.05) is 35.5 Å². The molecule has 3 rings (SSSR count). The summed E-state index contributed by atoms with van der Waals surface area (Å²) in [5, 5.41) is 5.74. The van der Waals surface area contributed by atoms with Gasteiger partial charge in [0.05, 0.1) is 23.2 Å². The van der Waals surface area contributed by atoms with E-state index in [-0.39, 0.29) is 11.8 Å². The third-order valence-electron chi connectivity index (χ3n) is 3.83. The van der Waals surface area contributed by atoms with Gasteiger partial charge in [-0.3, -0.25) is 4.79 Å². The lowest BCUT2D eigenvalue weighted by molar-refractivity contribution is -0.143. The summed E-state index contributed by atoms with van der Waals surface area (Å²) in [5.74, 6) is -0.475. The van der Waals surface area contributed by atoms with Crippen LogP contribution in [-0.2, 0) is 23.6 Å². The molecular weight excluding hydrogens is 402 g/mol. The first kappa shape index (κ1) is 20.4. The van der Waals surface area contributed by atoms with E-state index in [0.29, 0.717) is 23.5 Å². The van der Waals surface area contributed by atoms with Gasteiger partial charge in [0.2, 0.25) is 5.91 Å². The molecule has 0 saturated carbocycles. The molecule has 0 aliphatic heterocycles. The Morgan fingerprint density at radius 2 is 1.48 bits per heavy atom. The molecule has 0 aliphatic rings. The van der Waals surface area contributed by atoms with Gasteiger partial charge in [0.25, 0.3) is 0 Å². The Kier molecular flexibility index (Phi) is 5.36. The van der Waals surface area contributed by atoms with Gasteiger partial charge >= 0.3 is 12.4 Å². The Bertz CT molecular complexity index is 977. The number of nitrogens with zero attached hydrogens (tertiary/aromatic N) is 1.